The molecule has 1 aromatic rings. The fraction of sp³-hybridized carbons (Fsp3) is 0.500. The van der Waals surface area contributed by atoms with Gasteiger partial charge in [0, 0.05) is 25.7 Å². The molecule has 1 aromatic carbocycles. The zero-order valence-electron chi connectivity index (χ0n) is 9.34. The highest BCUT2D eigenvalue weighted by molar-refractivity contribution is 5.85. The molecule has 0 bridgehead atoms. The van der Waals surface area contributed by atoms with Crippen LogP contribution in [0.25, 0.3) is 0 Å². The molecule has 4 heteroatoms. The monoisotopic (exact) mass is 242 g/mol. The quantitative estimate of drug-likeness (QED) is 0.868. The van der Waals surface area contributed by atoms with Crippen LogP contribution < -0.4 is 5.73 Å². The van der Waals surface area contributed by atoms with E-state index in [-0.39, 0.29) is 12.4 Å². The maximum absolute atomic E-state index is 5.73. The molecule has 2 rings (SSSR count). The maximum Gasteiger partial charge on any atom is 0.0634 e. The molecule has 1 saturated heterocycles. The first-order valence-corrected chi connectivity index (χ1v) is 5.46. The SMILES string of the molecule is Cl.NC[C@H]1COCCN1Cc1ccccc1. The predicted octanol–water partition coefficient (Wildman–Crippen LogP) is 1.27. The van der Waals surface area contributed by atoms with Gasteiger partial charge in [0.25, 0.3) is 0 Å². The zero-order valence-corrected chi connectivity index (χ0v) is 10.2. The highest BCUT2D eigenvalue weighted by Gasteiger charge is 2.21. The Kier molecular flexibility index (Phi) is 5.77. The van der Waals surface area contributed by atoms with E-state index in [2.05, 4.69) is 29.2 Å². The Morgan fingerprint density at radius 2 is 2.06 bits per heavy atom. The summed E-state index contributed by atoms with van der Waals surface area (Å²) in [6.45, 7) is 4.22. The summed E-state index contributed by atoms with van der Waals surface area (Å²) in [5.41, 5.74) is 7.07. The van der Waals surface area contributed by atoms with Gasteiger partial charge in [0.05, 0.1) is 13.2 Å². The van der Waals surface area contributed by atoms with E-state index in [1.165, 1.54) is 5.56 Å². The Labute approximate surface area is 103 Å². The van der Waals surface area contributed by atoms with Crippen molar-refractivity contribution in [2.75, 3.05) is 26.3 Å². The van der Waals surface area contributed by atoms with E-state index >= 15 is 0 Å². The maximum atomic E-state index is 5.73. The van der Waals surface area contributed by atoms with Gasteiger partial charge < -0.3 is 10.5 Å². The van der Waals surface area contributed by atoms with Gasteiger partial charge in [0.1, 0.15) is 0 Å². The summed E-state index contributed by atoms with van der Waals surface area (Å²) in [6.07, 6.45) is 0. The van der Waals surface area contributed by atoms with E-state index < -0.39 is 0 Å². The van der Waals surface area contributed by atoms with Crippen molar-refractivity contribution < 1.29 is 4.74 Å². The first-order chi connectivity index (χ1) is 7.40. The summed E-state index contributed by atoms with van der Waals surface area (Å²) in [7, 11) is 0. The van der Waals surface area contributed by atoms with Crippen molar-refractivity contribution >= 4 is 12.4 Å². The standard InChI is InChI=1S/C12H18N2O.ClH/c13-8-12-10-15-7-6-14(12)9-11-4-2-1-3-5-11;/h1-5,12H,6-10,13H2;1H/t12-;/m0./s1. The summed E-state index contributed by atoms with van der Waals surface area (Å²) < 4.78 is 5.42. The Hall–Kier alpha value is -0.610. The van der Waals surface area contributed by atoms with Crippen LogP contribution in [-0.2, 0) is 11.3 Å². The van der Waals surface area contributed by atoms with Crippen LogP contribution in [0.2, 0.25) is 0 Å². The molecule has 90 valence electrons. The van der Waals surface area contributed by atoms with Gasteiger partial charge in [-0.2, -0.15) is 0 Å². The molecule has 1 aliphatic heterocycles. The van der Waals surface area contributed by atoms with Gasteiger partial charge in [-0.15, -0.1) is 12.4 Å². The summed E-state index contributed by atoms with van der Waals surface area (Å²) in [4.78, 5) is 2.40. The van der Waals surface area contributed by atoms with Crippen molar-refractivity contribution in [3.05, 3.63) is 35.9 Å². The van der Waals surface area contributed by atoms with Crippen LogP contribution in [0.3, 0.4) is 0 Å². The Morgan fingerprint density at radius 3 is 2.75 bits per heavy atom. The average Bonchev–Trinajstić information content (AvgIpc) is 2.31. The van der Waals surface area contributed by atoms with Crippen molar-refractivity contribution in [2.45, 2.75) is 12.6 Å². The molecule has 0 amide bonds. The van der Waals surface area contributed by atoms with Crippen LogP contribution in [0.1, 0.15) is 5.56 Å². The summed E-state index contributed by atoms with van der Waals surface area (Å²) in [5.74, 6) is 0. The lowest BCUT2D eigenvalue weighted by atomic mass is 10.1. The average molecular weight is 243 g/mol. The van der Waals surface area contributed by atoms with Crippen LogP contribution >= 0.6 is 12.4 Å². The lowest BCUT2D eigenvalue weighted by molar-refractivity contribution is -0.00792. The fourth-order valence-corrected chi connectivity index (χ4v) is 1.93. The van der Waals surface area contributed by atoms with Crippen molar-refractivity contribution in [1.82, 2.24) is 4.90 Å². The highest BCUT2D eigenvalue weighted by atomic mass is 35.5. The first-order valence-electron chi connectivity index (χ1n) is 5.46. The fourth-order valence-electron chi connectivity index (χ4n) is 1.93. The number of halogens is 1. The van der Waals surface area contributed by atoms with E-state index in [0.717, 1.165) is 26.3 Å². The van der Waals surface area contributed by atoms with Crippen molar-refractivity contribution in [2.24, 2.45) is 5.73 Å². The summed E-state index contributed by atoms with van der Waals surface area (Å²) in [6, 6.07) is 10.9. The van der Waals surface area contributed by atoms with Gasteiger partial charge in [-0.25, -0.2) is 0 Å². The largest absolute Gasteiger partial charge is 0.378 e. The third-order valence-electron chi connectivity index (χ3n) is 2.85. The molecule has 1 heterocycles. The number of hydrogen-bond donors (Lipinski definition) is 1. The minimum Gasteiger partial charge on any atom is -0.378 e. The molecular formula is C12H19ClN2O. The number of hydrogen-bond acceptors (Lipinski definition) is 3. The molecule has 0 unspecified atom stereocenters. The van der Waals surface area contributed by atoms with Gasteiger partial charge in [0.15, 0.2) is 0 Å². The van der Waals surface area contributed by atoms with Crippen molar-refractivity contribution in [3.63, 3.8) is 0 Å². The van der Waals surface area contributed by atoms with Crippen molar-refractivity contribution in [3.8, 4) is 0 Å². The molecule has 1 atom stereocenters. The topological polar surface area (TPSA) is 38.5 Å². The first kappa shape index (κ1) is 13.5. The van der Waals surface area contributed by atoms with Crippen LogP contribution in [0.5, 0.6) is 0 Å². The molecule has 16 heavy (non-hydrogen) atoms. The van der Waals surface area contributed by atoms with Gasteiger partial charge in [-0.05, 0) is 5.56 Å². The molecule has 0 radical (unpaired) electrons. The lowest BCUT2D eigenvalue weighted by Crippen LogP contribution is -2.48. The number of morpholine rings is 1. The van der Waals surface area contributed by atoms with Crippen LogP contribution in [0.4, 0.5) is 0 Å². The number of ether oxygens (including phenoxy) is 1. The zero-order chi connectivity index (χ0) is 10.5. The summed E-state index contributed by atoms with van der Waals surface area (Å²) >= 11 is 0. The number of benzene rings is 1. The van der Waals surface area contributed by atoms with E-state index in [0.29, 0.717) is 12.6 Å². The normalized spacial score (nSPS) is 21.4. The van der Waals surface area contributed by atoms with Crippen LogP contribution in [0, 0.1) is 0 Å². The number of rotatable bonds is 3. The Balaban J connectivity index is 0.00000128. The number of nitrogens with two attached hydrogens (primary N) is 1. The van der Waals surface area contributed by atoms with E-state index in [1.807, 2.05) is 6.07 Å². The second-order valence-electron chi connectivity index (χ2n) is 3.92. The lowest BCUT2D eigenvalue weighted by Gasteiger charge is -2.34. The molecule has 3 nitrogen and oxygen atoms in total. The predicted molar refractivity (Wildman–Crippen MR) is 67.8 cm³/mol. The second-order valence-corrected chi connectivity index (χ2v) is 3.92. The molecule has 0 spiro atoms. The Morgan fingerprint density at radius 1 is 1.31 bits per heavy atom. The molecule has 2 N–H and O–H groups in total. The minimum absolute atomic E-state index is 0. The molecule has 0 saturated carbocycles. The summed E-state index contributed by atoms with van der Waals surface area (Å²) in [5, 5.41) is 0. The van der Waals surface area contributed by atoms with E-state index in [1.54, 1.807) is 0 Å². The number of nitrogens with zero attached hydrogens (tertiary/aromatic N) is 1. The highest BCUT2D eigenvalue weighted by Crippen LogP contribution is 2.11. The molecular weight excluding hydrogens is 224 g/mol. The van der Waals surface area contributed by atoms with Crippen LogP contribution in [0.15, 0.2) is 30.3 Å². The Bertz CT molecular complexity index is 294. The van der Waals surface area contributed by atoms with Gasteiger partial charge in [-0.3, -0.25) is 4.90 Å². The molecule has 1 aliphatic rings. The molecule has 0 aromatic heterocycles. The minimum atomic E-state index is 0. The van der Waals surface area contributed by atoms with Crippen LogP contribution in [-0.4, -0.2) is 37.2 Å². The second kappa shape index (κ2) is 6.86. The van der Waals surface area contributed by atoms with E-state index in [4.69, 9.17) is 10.5 Å². The smallest absolute Gasteiger partial charge is 0.0634 e. The van der Waals surface area contributed by atoms with Crippen molar-refractivity contribution in [1.29, 1.82) is 0 Å². The third-order valence-corrected chi connectivity index (χ3v) is 2.85. The van der Waals surface area contributed by atoms with E-state index in [9.17, 15) is 0 Å². The third kappa shape index (κ3) is 3.46. The van der Waals surface area contributed by atoms with Gasteiger partial charge >= 0.3 is 0 Å². The van der Waals surface area contributed by atoms with Gasteiger partial charge in [-0.1, -0.05) is 30.3 Å². The van der Waals surface area contributed by atoms with Gasteiger partial charge in [0.2, 0.25) is 0 Å². The molecule has 1 fully saturated rings. The molecule has 0 aliphatic carbocycles.